The molecule has 1 aromatic rings. The van der Waals surface area contributed by atoms with Crippen LogP contribution in [0.15, 0.2) is 31.2 Å². The second-order valence-electron chi connectivity index (χ2n) is 15.3. The molecule has 0 radical (unpaired) electrons. The van der Waals surface area contributed by atoms with E-state index in [9.17, 15) is 41.9 Å². The number of likely N-dealkylation sites (tertiary alicyclic amines) is 1. The lowest BCUT2D eigenvalue weighted by Crippen LogP contribution is -2.61. The number of esters is 1. The van der Waals surface area contributed by atoms with Gasteiger partial charge in [0.1, 0.15) is 17.8 Å². The van der Waals surface area contributed by atoms with E-state index in [1.54, 1.807) is 6.92 Å². The van der Waals surface area contributed by atoms with E-state index in [2.05, 4.69) is 43.1 Å². The number of ether oxygens (including phenoxy) is 1. The average molecular weight is 791 g/mol. The van der Waals surface area contributed by atoms with Gasteiger partial charge < -0.3 is 36.2 Å². The second kappa shape index (κ2) is 19.5. The van der Waals surface area contributed by atoms with E-state index in [4.69, 9.17) is 4.74 Å². The molecule has 1 unspecified atom stereocenters. The van der Waals surface area contributed by atoms with Crippen molar-refractivity contribution in [1.29, 1.82) is 0 Å². The molecule has 5 N–H and O–H groups in total. The van der Waals surface area contributed by atoms with E-state index in [1.165, 1.54) is 23.5 Å². The summed E-state index contributed by atoms with van der Waals surface area (Å²) >= 11 is 0. The first-order valence-electron chi connectivity index (χ1n) is 19.7. The van der Waals surface area contributed by atoms with Crippen LogP contribution in [0.5, 0.6) is 0 Å². The zero-order valence-corrected chi connectivity index (χ0v) is 31.7. The Morgan fingerprint density at radius 2 is 1.73 bits per heavy atom. The lowest BCUT2D eigenvalue weighted by molar-refractivity contribution is -0.206. The van der Waals surface area contributed by atoms with E-state index in [0.29, 0.717) is 25.7 Å². The number of fused-ring (bicyclic) bond motifs is 1. The van der Waals surface area contributed by atoms with E-state index in [1.807, 2.05) is 0 Å². The average Bonchev–Trinajstić information content (AvgIpc) is 3.75. The van der Waals surface area contributed by atoms with E-state index >= 15 is 0 Å². The van der Waals surface area contributed by atoms with Crippen molar-refractivity contribution < 1.29 is 46.7 Å². The summed E-state index contributed by atoms with van der Waals surface area (Å²) in [5.41, 5.74) is 0.137. The molecule has 0 bridgehead atoms. The Bertz CT molecular complexity index is 1570. The quantitative estimate of drug-likeness (QED) is 0.108. The number of carbonyl (C=O) groups excluding carboxylic acids is 6. The highest BCUT2D eigenvalue weighted by Gasteiger charge is 2.52. The molecule has 7 atom stereocenters. The van der Waals surface area contributed by atoms with Gasteiger partial charge in [-0.05, 0) is 68.8 Å². The van der Waals surface area contributed by atoms with Gasteiger partial charge in [-0.1, -0.05) is 45.6 Å². The summed E-state index contributed by atoms with van der Waals surface area (Å²) < 4.78 is 44.8. The van der Waals surface area contributed by atoms with Gasteiger partial charge >= 0.3 is 12.1 Å². The van der Waals surface area contributed by atoms with Crippen LogP contribution in [0.2, 0.25) is 0 Å². The van der Waals surface area contributed by atoms with E-state index < -0.39 is 72.0 Å². The molecule has 1 saturated heterocycles. The predicted octanol–water partition coefficient (Wildman–Crippen LogP) is 2.08. The van der Waals surface area contributed by atoms with E-state index in [0.717, 1.165) is 51.0 Å². The summed E-state index contributed by atoms with van der Waals surface area (Å²) in [5, 5.41) is 14.3. The SMILES string of the molecule is C=CC(=O)NC[C@H](NC[C@@H](NC(=O)c1cnccn1)C1CCCCC1)C(=O)N1C[C@@H]2CCC[C@@H]2[C@H]1C(=O)N[C@@H](CCC)C(OC(=O)C(F)(F)F)C(=O)NC1CC1. The van der Waals surface area contributed by atoms with Gasteiger partial charge in [0.15, 0.2) is 6.10 Å². The number of hydrogen-bond donors (Lipinski definition) is 5. The number of halogens is 3. The summed E-state index contributed by atoms with van der Waals surface area (Å²) in [6, 6.07) is -4.10. The standard InChI is InChI=1S/C38H53F3N8O7/c1-3-9-26(32(35(53)46-24-14-15-24)56-37(55)38(39,40)41)47-34(52)31-25-13-8-12-23(25)21-49(31)36(54)29(20-45-30(50)4-2)44-19-27(22-10-6-5-7-11-22)48-33(51)28-18-42-16-17-43-28/h4,16-18,22-27,29,31-32,44H,2-3,5-15,19-21H2,1H3,(H,45,50)(H,46,53)(H,47,52)(H,48,51)/t23-,25-,26-,27+,29-,31-,32?/m0/s1. The normalized spacial score (nSPS) is 23.1. The molecule has 56 heavy (non-hydrogen) atoms. The number of rotatable bonds is 18. The topological polar surface area (TPSA) is 201 Å². The lowest BCUT2D eigenvalue weighted by atomic mass is 9.83. The molecule has 0 aromatic carbocycles. The monoisotopic (exact) mass is 790 g/mol. The Labute approximate surface area is 324 Å². The van der Waals surface area contributed by atoms with Crippen LogP contribution in [0.3, 0.4) is 0 Å². The van der Waals surface area contributed by atoms with Crippen LogP contribution in [-0.4, -0.2) is 112 Å². The number of nitrogens with zero attached hydrogens (tertiary/aromatic N) is 3. The highest BCUT2D eigenvalue weighted by atomic mass is 19.4. The van der Waals surface area contributed by atoms with Gasteiger partial charge in [0.05, 0.1) is 12.2 Å². The van der Waals surface area contributed by atoms with Gasteiger partial charge in [-0.15, -0.1) is 0 Å². The van der Waals surface area contributed by atoms with Crippen molar-refractivity contribution in [2.24, 2.45) is 17.8 Å². The molecule has 4 aliphatic rings. The maximum atomic E-state index is 14.6. The Hall–Kier alpha value is -4.61. The van der Waals surface area contributed by atoms with Gasteiger partial charge in [0.25, 0.3) is 11.8 Å². The van der Waals surface area contributed by atoms with Crippen LogP contribution in [-0.2, 0) is 28.7 Å². The Morgan fingerprint density at radius 1 is 0.982 bits per heavy atom. The summed E-state index contributed by atoms with van der Waals surface area (Å²) in [6.45, 7) is 5.40. The zero-order valence-electron chi connectivity index (χ0n) is 31.7. The smallest absolute Gasteiger partial charge is 0.443 e. The van der Waals surface area contributed by atoms with Crippen molar-refractivity contribution >= 4 is 35.5 Å². The van der Waals surface area contributed by atoms with Crippen LogP contribution in [0.25, 0.3) is 0 Å². The highest BCUT2D eigenvalue weighted by molar-refractivity contribution is 5.93. The van der Waals surface area contributed by atoms with Gasteiger partial charge in [0.2, 0.25) is 17.7 Å². The fraction of sp³-hybridized carbons (Fsp3) is 0.684. The first kappa shape index (κ1) is 42.5. The largest absolute Gasteiger partial charge is 0.490 e. The molecular formula is C38H53F3N8O7. The minimum Gasteiger partial charge on any atom is -0.443 e. The van der Waals surface area contributed by atoms with Gasteiger partial charge in [-0.25, -0.2) is 9.78 Å². The fourth-order valence-electron chi connectivity index (χ4n) is 8.28. The number of amides is 5. The van der Waals surface area contributed by atoms with Crippen molar-refractivity contribution in [1.82, 2.24) is 41.5 Å². The molecular weight excluding hydrogens is 737 g/mol. The fourth-order valence-corrected chi connectivity index (χ4v) is 8.28. The molecule has 0 spiro atoms. The molecule has 15 nitrogen and oxygen atoms in total. The van der Waals surface area contributed by atoms with Crippen LogP contribution in [0.4, 0.5) is 13.2 Å². The number of nitrogens with one attached hydrogen (secondary N) is 5. The summed E-state index contributed by atoms with van der Waals surface area (Å²) in [4.78, 5) is 89.2. The van der Waals surface area contributed by atoms with Gasteiger partial charge in [0, 0.05) is 44.1 Å². The molecule has 3 saturated carbocycles. The van der Waals surface area contributed by atoms with Gasteiger partial charge in [-0.3, -0.25) is 29.0 Å². The Balaban J connectivity index is 1.37. The van der Waals surface area contributed by atoms with Crippen LogP contribution < -0.4 is 26.6 Å². The predicted molar refractivity (Wildman–Crippen MR) is 195 cm³/mol. The van der Waals surface area contributed by atoms with Crippen molar-refractivity contribution in [2.45, 2.75) is 126 Å². The summed E-state index contributed by atoms with van der Waals surface area (Å²) in [5.74, 6) is -5.84. The first-order chi connectivity index (χ1) is 26.8. The first-order valence-corrected chi connectivity index (χ1v) is 19.7. The molecule has 1 aromatic heterocycles. The summed E-state index contributed by atoms with van der Waals surface area (Å²) in [7, 11) is 0. The minimum absolute atomic E-state index is 0.00893. The Kier molecular flexibility index (Phi) is 14.8. The van der Waals surface area contributed by atoms with Crippen molar-refractivity contribution in [3.8, 4) is 0 Å². The molecule has 2 heterocycles. The van der Waals surface area contributed by atoms with Crippen LogP contribution in [0.1, 0.15) is 94.5 Å². The third-order valence-corrected chi connectivity index (χ3v) is 11.3. The Morgan fingerprint density at radius 3 is 2.38 bits per heavy atom. The maximum absolute atomic E-state index is 14.6. The number of hydrogen-bond acceptors (Lipinski definition) is 10. The second-order valence-corrected chi connectivity index (χ2v) is 15.3. The number of aromatic nitrogens is 2. The highest BCUT2D eigenvalue weighted by Crippen LogP contribution is 2.42. The number of alkyl halides is 3. The molecule has 5 amide bonds. The third-order valence-electron chi connectivity index (χ3n) is 11.3. The molecule has 18 heteroatoms. The summed E-state index contributed by atoms with van der Waals surface area (Å²) in [6.07, 6.45) is 6.45. The molecule has 5 rings (SSSR count). The molecule has 1 aliphatic heterocycles. The minimum atomic E-state index is -5.37. The number of carbonyl (C=O) groups is 6. The molecule has 4 fully saturated rings. The molecule has 3 aliphatic carbocycles. The maximum Gasteiger partial charge on any atom is 0.490 e. The zero-order chi connectivity index (χ0) is 40.4. The van der Waals surface area contributed by atoms with Crippen molar-refractivity contribution in [3.63, 3.8) is 0 Å². The third kappa shape index (κ3) is 11.3. The van der Waals surface area contributed by atoms with Crippen molar-refractivity contribution in [3.05, 3.63) is 36.9 Å². The van der Waals surface area contributed by atoms with Crippen molar-refractivity contribution in [2.75, 3.05) is 19.6 Å². The van der Waals surface area contributed by atoms with Gasteiger partial charge in [-0.2, -0.15) is 13.2 Å². The lowest BCUT2D eigenvalue weighted by Gasteiger charge is -2.35. The van der Waals surface area contributed by atoms with Crippen LogP contribution >= 0.6 is 0 Å². The van der Waals surface area contributed by atoms with Crippen LogP contribution in [0, 0.1) is 17.8 Å². The van der Waals surface area contributed by atoms with E-state index in [-0.39, 0.29) is 55.5 Å². The molecule has 308 valence electrons.